The van der Waals surface area contributed by atoms with E-state index >= 15 is 0 Å². The normalized spacial score (nSPS) is 29.2. The van der Waals surface area contributed by atoms with Crippen molar-refractivity contribution in [3.63, 3.8) is 0 Å². The number of piperidine rings is 1. The van der Waals surface area contributed by atoms with Crippen LogP contribution < -0.4 is 5.32 Å². The van der Waals surface area contributed by atoms with Gasteiger partial charge < -0.3 is 5.32 Å². The second-order valence-electron chi connectivity index (χ2n) is 6.37. The smallest absolute Gasteiger partial charge is 0.0524 e. The molecule has 0 radical (unpaired) electrons. The van der Waals surface area contributed by atoms with Gasteiger partial charge in [-0.2, -0.15) is 5.10 Å². The Labute approximate surface area is 122 Å². The number of aryl methyl sites for hydroxylation is 1. The van der Waals surface area contributed by atoms with Crippen molar-refractivity contribution in [3.05, 3.63) is 18.0 Å². The monoisotopic (exact) mass is 276 g/mol. The Hall–Kier alpha value is -0.870. The van der Waals surface area contributed by atoms with Crippen molar-refractivity contribution in [2.45, 2.75) is 77.2 Å². The molecule has 1 aromatic heterocycles. The molecule has 0 aliphatic carbocycles. The van der Waals surface area contributed by atoms with Gasteiger partial charge >= 0.3 is 0 Å². The standard InChI is InChI=1S/C16H28N4/c1-3-9-19(12-15-7-8-17-20(15)4-2)16-10-13-5-6-14(11-16)18-13/h7-8,13-14,16,18H,3-6,9-12H2,1-2H3. The maximum Gasteiger partial charge on any atom is 0.0524 e. The van der Waals surface area contributed by atoms with Gasteiger partial charge in [0.15, 0.2) is 0 Å². The first-order chi connectivity index (χ1) is 9.80. The van der Waals surface area contributed by atoms with E-state index in [9.17, 15) is 0 Å². The zero-order valence-corrected chi connectivity index (χ0v) is 12.9. The molecule has 112 valence electrons. The molecule has 2 aliphatic heterocycles. The van der Waals surface area contributed by atoms with Crippen LogP contribution in [0.15, 0.2) is 12.3 Å². The van der Waals surface area contributed by atoms with Crippen LogP contribution >= 0.6 is 0 Å². The Kier molecular flexibility index (Phi) is 4.41. The van der Waals surface area contributed by atoms with E-state index in [1.165, 1.54) is 44.3 Å². The third kappa shape index (κ3) is 2.91. The average molecular weight is 276 g/mol. The van der Waals surface area contributed by atoms with Crippen LogP contribution in [0.4, 0.5) is 0 Å². The summed E-state index contributed by atoms with van der Waals surface area (Å²) < 4.78 is 2.14. The first-order valence-electron chi connectivity index (χ1n) is 8.31. The molecule has 3 rings (SSSR count). The molecule has 0 amide bonds. The molecule has 1 aromatic rings. The minimum Gasteiger partial charge on any atom is -0.311 e. The minimum absolute atomic E-state index is 0.758. The first kappa shape index (κ1) is 14.1. The summed E-state index contributed by atoms with van der Waals surface area (Å²) in [7, 11) is 0. The van der Waals surface area contributed by atoms with Crippen LogP contribution in [0.5, 0.6) is 0 Å². The molecule has 0 saturated carbocycles. The average Bonchev–Trinajstić information content (AvgIpc) is 3.04. The van der Waals surface area contributed by atoms with Crippen molar-refractivity contribution in [2.75, 3.05) is 6.54 Å². The highest BCUT2D eigenvalue weighted by molar-refractivity contribution is 5.02. The van der Waals surface area contributed by atoms with E-state index in [1.54, 1.807) is 0 Å². The molecular weight excluding hydrogens is 248 g/mol. The first-order valence-corrected chi connectivity index (χ1v) is 8.31. The fourth-order valence-electron chi connectivity index (χ4n) is 3.99. The van der Waals surface area contributed by atoms with Crippen molar-refractivity contribution in [3.8, 4) is 0 Å². The molecule has 2 saturated heterocycles. The van der Waals surface area contributed by atoms with Crippen LogP contribution in [-0.4, -0.2) is 39.4 Å². The van der Waals surface area contributed by atoms with Gasteiger partial charge in [0.2, 0.25) is 0 Å². The molecule has 2 atom stereocenters. The van der Waals surface area contributed by atoms with Gasteiger partial charge in [-0.15, -0.1) is 0 Å². The lowest BCUT2D eigenvalue weighted by atomic mass is 9.97. The van der Waals surface area contributed by atoms with Crippen LogP contribution in [0.1, 0.15) is 51.6 Å². The second-order valence-corrected chi connectivity index (χ2v) is 6.37. The van der Waals surface area contributed by atoms with E-state index in [-0.39, 0.29) is 0 Å². The lowest BCUT2D eigenvalue weighted by Crippen LogP contribution is -2.48. The summed E-state index contributed by atoms with van der Waals surface area (Å²) in [5.41, 5.74) is 1.37. The molecule has 2 bridgehead atoms. The van der Waals surface area contributed by atoms with E-state index in [2.05, 4.69) is 39.9 Å². The van der Waals surface area contributed by atoms with E-state index < -0.39 is 0 Å². The third-order valence-electron chi connectivity index (χ3n) is 4.94. The summed E-state index contributed by atoms with van der Waals surface area (Å²) in [4.78, 5) is 2.70. The molecule has 2 aliphatic rings. The Morgan fingerprint density at radius 1 is 1.30 bits per heavy atom. The van der Waals surface area contributed by atoms with Crippen LogP contribution in [0.3, 0.4) is 0 Å². The predicted octanol–water partition coefficient (Wildman–Crippen LogP) is 2.40. The van der Waals surface area contributed by atoms with Gasteiger partial charge in [-0.25, -0.2) is 0 Å². The quantitative estimate of drug-likeness (QED) is 0.866. The highest BCUT2D eigenvalue weighted by atomic mass is 15.3. The summed E-state index contributed by atoms with van der Waals surface area (Å²) in [6.45, 7) is 7.70. The lowest BCUT2D eigenvalue weighted by molar-refractivity contribution is 0.130. The lowest BCUT2D eigenvalue weighted by Gasteiger charge is -2.37. The van der Waals surface area contributed by atoms with Crippen LogP contribution in [0.2, 0.25) is 0 Å². The van der Waals surface area contributed by atoms with E-state index in [0.717, 1.165) is 31.2 Å². The number of nitrogens with one attached hydrogen (secondary N) is 1. The Balaban J connectivity index is 1.69. The van der Waals surface area contributed by atoms with Gasteiger partial charge in [0.1, 0.15) is 0 Å². The van der Waals surface area contributed by atoms with E-state index in [4.69, 9.17) is 0 Å². The summed E-state index contributed by atoms with van der Waals surface area (Å²) >= 11 is 0. The van der Waals surface area contributed by atoms with E-state index in [0.29, 0.717) is 0 Å². The molecule has 0 aromatic carbocycles. The van der Waals surface area contributed by atoms with Gasteiger partial charge in [0, 0.05) is 37.4 Å². The maximum atomic E-state index is 4.41. The third-order valence-corrected chi connectivity index (χ3v) is 4.94. The molecule has 1 N–H and O–H groups in total. The van der Waals surface area contributed by atoms with Crippen molar-refractivity contribution >= 4 is 0 Å². The van der Waals surface area contributed by atoms with Gasteiger partial charge in [-0.05, 0) is 51.6 Å². The Bertz CT molecular complexity index is 416. The summed E-state index contributed by atoms with van der Waals surface area (Å²) in [6.07, 6.45) is 8.60. The number of aromatic nitrogens is 2. The van der Waals surface area contributed by atoms with E-state index in [1.807, 2.05) is 6.20 Å². The molecular formula is C16H28N4. The zero-order chi connectivity index (χ0) is 13.9. The topological polar surface area (TPSA) is 33.1 Å². The minimum atomic E-state index is 0.758. The molecule has 20 heavy (non-hydrogen) atoms. The van der Waals surface area contributed by atoms with Crippen molar-refractivity contribution in [1.29, 1.82) is 0 Å². The molecule has 4 heteroatoms. The summed E-state index contributed by atoms with van der Waals surface area (Å²) in [5, 5.41) is 8.17. The van der Waals surface area contributed by atoms with Crippen LogP contribution in [0.25, 0.3) is 0 Å². The maximum absolute atomic E-state index is 4.41. The molecule has 0 spiro atoms. The van der Waals surface area contributed by atoms with Crippen molar-refractivity contribution < 1.29 is 0 Å². The van der Waals surface area contributed by atoms with Crippen LogP contribution in [0, 0.1) is 0 Å². The largest absolute Gasteiger partial charge is 0.311 e. The fraction of sp³-hybridized carbons (Fsp3) is 0.812. The summed E-state index contributed by atoms with van der Waals surface area (Å²) in [6, 6.07) is 4.49. The Morgan fingerprint density at radius 3 is 2.70 bits per heavy atom. The summed E-state index contributed by atoms with van der Waals surface area (Å²) in [5.74, 6) is 0. The molecule has 2 unspecified atom stereocenters. The number of hydrogen-bond donors (Lipinski definition) is 1. The molecule has 4 nitrogen and oxygen atoms in total. The van der Waals surface area contributed by atoms with Crippen molar-refractivity contribution in [1.82, 2.24) is 20.0 Å². The molecule has 2 fully saturated rings. The zero-order valence-electron chi connectivity index (χ0n) is 12.9. The Morgan fingerprint density at radius 2 is 2.05 bits per heavy atom. The van der Waals surface area contributed by atoms with Crippen molar-refractivity contribution in [2.24, 2.45) is 0 Å². The highest BCUT2D eigenvalue weighted by Gasteiger charge is 2.35. The number of fused-ring (bicyclic) bond motifs is 2. The second kappa shape index (κ2) is 6.27. The fourth-order valence-corrected chi connectivity index (χ4v) is 3.99. The molecule has 3 heterocycles. The van der Waals surface area contributed by atoms with Gasteiger partial charge in [-0.1, -0.05) is 6.92 Å². The number of rotatable bonds is 6. The predicted molar refractivity (Wildman–Crippen MR) is 81.6 cm³/mol. The number of nitrogens with zero attached hydrogens (tertiary/aromatic N) is 3. The van der Waals surface area contributed by atoms with Gasteiger partial charge in [0.25, 0.3) is 0 Å². The van der Waals surface area contributed by atoms with Crippen LogP contribution in [-0.2, 0) is 13.1 Å². The number of hydrogen-bond acceptors (Lipinski definition) is 3. The highest BCUT2D eigenvalue weighted by Crippen LogP contribution is 2.30. The van der Waals surface area contributed by atoms with Gasteiger partial charge in [0.05, 0.1) is 5.69 Å². The SMILES string of the molecule is CCCN(Cc1ccnn1CC)C1CC2CCC(C1)N2. The van der Waals surface area contributed by atoms with Gasteiger partial charge in [-0.3, -0.25) is 9.58 Å².